The summed E-state index contributed by atoms with van der Waals surface area (Å²) in [5, 5.41) is 2.84. The van der Waals surface area contributed by atoms with E-state index >= 15 is 0 Å². The van der Waals surface area contributed by atoms with Crippen LogP contribution in [0.2, 0.25) is 0 Å². The van der Waals surface area contributed by atoms with Gasteiger partial charge in [0.25, 0.3) is 0 Å². The summed E-state index contributed by atoms with van der Waals surface area (Å²) in [6.07, 6.45) is 3.07. The lowest BCUT2D eigenvalue weighted by Crippen LogP contribution is -2.50. The number of nitrogens with zero attached hydrogens (tertiary/aromatic N) is 2. The molecule has 7 heteroatoms. The van der Waals surface area contributed by atoms with E-state index in [4.69, 9.17) is 9.47 Å². The molecule has 0 radical (unpaired) electrons. The van der Waals surface area contributed by atoms with Crippen LogP contribution in [0.1, 0.15) is 24.8 Å². The molecule has 2 fully saturated rings. The third kappa shape index (κ3) is 3.36. The molecule has 25 heavy (non-hydrogen) atoms. The number of ether oxygens (including phenoxy) is 2. The number of piperidine rings is 1. The van der Waals surface area contributed by atoms with Gasteiger partial charge in [-0.25, -0.2) is 4.79 Å². The minimum absolute atomic E-state index is 0.000316. The van der Waals surface area contributed by atoms with E-state index in [0.717, 1.165) is 43.0 Å². The van der Waals surface area contributed by atoms with E-state index in [0.29, 0.717) is 25.9 Å². The van der Waals surface area contributed by atoms with Crippen molar-refractivity contribution in [3.63, 3.8) is 0 Å². The van der Waals surface area contributed by atoms with Gasteiger partial charge >= 0.3 is 6.03 Å². The maximum absolute atomic E-state index is 12.6. The smallest absolute Gasteiger partial charge is 0.317 e. The molecule has 2 saturated heterocycles. The van der Waals surface area contributed by atoms with Crippen molar-refractivity contribution >= 4 is 11.9 Å². The van der Waals surface area contributed by atoms with Crippen molar-refractivity contribution in [2.75, 3.05) is 33.0 Å². The molecule has 0 saturated carbocycles. The Labute approximate surface area is 146 Å². The number of aryl methyl sites for hydroxylation is 1. The maximum atomic E-state index is 12.6. The normalized spacial score (nSPS) is 22.2. The minimum atomic E-state index is -0.000316. The monoisotopic (exact) mass is 345 g/mol. The van der Waals surface area contributed by atoms with E-state index in [9.17, 15) is 9.59 Å². The van der Waals surface area contributed by atoms with Gasteiger partial charge in [-0.15, -0.1) is 0 Å². The van der Waals surface area contributed by atoms with Gasteiger partial charge in [-0.05, 0) is 37.0 Å². The van der Waals surface area contributed by atoms with Gasteiger partial charge < -0.3 is 24.6 Å². The Hall–Kier alpha value is -2.44. The van der Waals surface area contributed by atoms with Crippen LogP contribution in [0.5, 0.6) is 11.5 Å². The summed E-state index contributed by atoms with van der Waals surface area (Å²) in [6, 6.07) is 5.97. The second-order valence-electron chi connectivity index (χ2n) is 6.75. The van der Waals surface area contributed by atoms with Gasteiger partial charge in [0.05, 0.1) is 6.04 Å². The molecule has 0 aromatic heterocycles. The highest BCUT2D eigenvalue weighted by Crippen LogP contribution is 2.32. The van der Waals surface area contributed by atoms with Gasteiger partial charge in [0.2, 0.25) is 12.7 Å². The Kier molecular flexibility index (Phi) is 4.38. The number of rotatable bonds is 4. The van der Waals surface area contributed by atoms with Crippen LogP contribution in [0.4, 0.5) is 4.79 Å². The van der Waals surface area contributed by atoms with Crippen LogP contribution in [0.3, 0.4) is 0 Å². The highest BCUT2D eigenvalue weighted by atomic mass is 16.7. The van der Waals surface area contributed by atoms with E-state index in [-0.39, 0.29) is 24.8 Å². The van der Waals surface area contributed by atoms with E-state index in [2.05, 4.69) is 5.32 Å². The average molecular weight is 345 g/mol. The second kappa shape index (κ2) is 6.82. The van der Waals surface area contributed by atoms with Crippen molar-refractivity contribution in [3.8, 4) is 11.5 Å². The molecule has 0 bridgehead atoms. The number of hydrogen-bond acceptors (Lipinski definition) is 4. The molecule has 1 N–H and O–H groups in total. The number of carbonyl (C=O) groups is 2. The lowest BCUT2D eigenvalue weighted by atomic mass is 10.0. The van der Waals surface area contributed by atoms with Crippen LogP contribution < -0.4 is 14.8 Å². The molecule has 3 aliphatic rings. The topological polar surface area (TPSA) is 71.1 Å². The Morgan fingerprint density at radius 1 is 1.24 bits per heavy atom. The number of carbonyl (C=O) groups excluding carboxylic acids is 2. The van der Waals surface area contributed by atoms with Crippen LogP contribution >= 0.6 is 0 Å². The van der Waals surface area contributed by atoms with E-state index < -0.39 is 0 Å². The molecule has 134 valence electrons. The van der Waals surface area contributed by atoms with Crippen molar-refractivity contribution in [2.45, 2.75) is 31.7 Å². The maximum Gasteiger partial charge on any atom is 0.317 e. The molecule has 3 amide bonds. The summed E-state index contributed by atoms with van der Waals surface area (Å²) >= 11 is 0. The molecule has 3 aliphatic heterocycles. The van der Waals surface area contributed by atoms with Crippen molar-refractivity contribution in [2.24, 2.45) is 0 Å². The van der Waals surface area contributed by atoms with Crippen LogP contribution in [0, 0.1) is 0 Å². The number of urea groups is 1. The number of hydrogen-bond donors (Lipinski definition) is 1. The Morgan fingerprint density at radius 2 is 2.12 bits per heavy atom. The first-order chi connectivity index (χ1) is 12.2. The van der Waals surface area contributed by atoms with Crippen LogP contribution in [-0.2, 0) is 11.2 Å². The zero-order valence-corrected chi connectivity index (χ0v) is 14.2. The lowest BCUT2D eigenvalue weighted by Gasteiger charge is -2.37. The number of benzene rings is 1. The van der Waals surface area contributed by atoms with Crippen molar-refractivity contribution in [1.82, 2.24) is 15.1 Å². The van der Waals surface area contributed by atoms with E-state index in [1.165, 1.54) is 0 Å². The Morgan fingerprint density at radius 3 is 2.96 bits per heavy atom. The van der Waals surface area contributed by atoms with Crippen molar-refractivity contribution in [1.29, 1.82) is 0 Å². The fraction of sp³-hybridized carbons (Fsp3) is 0.556. The van der Waals surface area contributed by atoms with E-state index in [1.807, 2.05) is 28.0 Å². The molecule has 1 aromatic rings. The zero-order valence-electron chi connectivity index (χ0n) is 14.2. The summed E-state index contributed by atoms with van der Waals surface area (Å²) in [6.45, 7) is 3.13. The fourth-order valence-corrected chi connectivity index (χ4v) is 3.78. The summed E-state index contributed by atoms with van der Waals surface area (Å²) in [4.78, 5) is 28.2. The molecule has 0 unspecified atom stereocenters. The molecule has 1 aromatic carbocycles. The first kappa shape index (κ1) is 16.1. The highest BCUT2D eigenvalue weighted by Gasteiger charge is 2.32. The van der Waals surface area contributed by atoms with E-state index in [1.54, 1.807) is 0 Å². The number of nitrogens with one attached hydrogen (secondary N) is 1. The fourth-order valence-electron chi connectivity index (χ4n) is 3.78. The first-order valence-corrected chi connectivity index (χ1v) is 8.91. The first-order valence-electron chi connectivity index (χ1n) is 8.91. The molecule has 1 atom stereocenters. The summed E-state index contributed by atoms with van der Waals surface area (Å²) < 4.78 is 10.7. The molecule has 0 aliphatic carbocycles. The Bertz CT molecular complexity index is 678. The third-order valence-electron chi connectivity index (χ3n) is 5.14. The molecule has 3 heterocycles. The standard InChI is InChI=1S/C18H23N3O4/c22-17(6-4-13-3-5-15-16(10-13)25-12-24-15)20-8-1-2-14(11-20)21-9-7-19-18(21)23/h3,5,10,14H,1-2,4,6-9,11-12H2,(H,19,23)/t14-/m1/s1. The zero-order chi connectivity index (χ0) is 17.2. The minimum Gasteiger partial charge on any atom is -0.454 e. The SMILES string of the molecule is O=C(CCc1ccc2c(c1)OCO2)N1CCC[C@@H](N2CCNC2=O)C1. The molecule has 0 spiro atoms. The third-order valence-corrected chi connectivity index (χ3v) is 5.14. The second-order valence-corrected chi connectivity index (χ2v) is 6.75. The van der Waals surface area contributed by atoms with Crippen LogP contribution in [-0.4, -0.2) is 60.8 Å². The van der Waals surface area contributed by atoms with Gasteiger partial charge in [0.1, 0.15) is 0 Å². The molecular formula is C18H23N3O4. The summed E-state index contributed by atoms with van der Waals surface area (Å²) in [5.74, 6) is 1.67. The van der Waals surface area contributed by atoms with Gasteiger partial charge in [0.15, 0.2) is 11.5 Å². The van der Waals surface area contributed by atoms with Crippen molar-refractivity contribution < 1.29 is 19.1 Å². The highest BCUT2D eigenvalue weighted by molar-refractivity contribution is 5.78. The molecular weight excluding hydrogens is 322 g/mol. The summed E-state index contributed by atoms with van der Waals surface area (Å²) in [5.41, 5.74) is 1.07. The largest absolute Gasteiger partial charge is 0.454 e. The van der Waals surface area contributed by atoms with Gasteiger partial charge in [0, 0.05) is 32.6 Å². The van der Waals surface area contributed by atoms with Crippen molar-refractivity contribution in [3.05, 3.63) is 23.8 Å². The quantitative estimate of drug-likeness (QED) is 0.895. The summed E-state index contributed by atoms with van der Waals surface area (Å²) in [7, 11) is 0. The van der Waals surface area contributed by atoms with Gasteiger partial charge in [-0.1, -0.05) is 6.07 Å². The number of amides is 3. The molecule has 4 rings (SSSR count). The Balaban J connectivity index is 1.32. The number of likely N-dealkylation sites (tertiary alicyclic amines) is 1. The molecule has 7 nitrogen and oxygen atoms in total. The van der Waals surface area contributed by atoms with Gasteiger partial charge in [-0.3, -0.25) is 4.79 Å². The predicted octanol–water partition coefficient (Wildman–Crippen LogP) is 1.36. The van der Waals surface area contributed by atoms with Crippen LogP contribution in [0.25, 0.3) is 0 Å². The number of fused-ring (bicyclic) bond motifs is 1. The van der Waals surface area contributed by atoms with Crippen LogP contribution in [0.15, 0.2) is 18.2 Å². The van der Waals surface area contributed by atoms with Gasteiger partial charge in [-0.2, -0.15) is 0 Å². The lowest BCUT2D eigenvalue weighted by molar-refractivity contribution is -0.133. The predicted molar refractivity (Wildman–Crippen MR) is 90.6 cm³/mol. The average Bonchev–Trinajstić information content (AvgIpc) is 3.27.